The highest BCUT2D eigenvalue weighted by atomic mass is 35.5. The molecule has 0 aromatic carbocycles. The van der Waals surface area contributed by atoms with E-state index in [2.05, 4.69) is 4.98 Å². The van der Waals surface area contributed by atoms with Gasteiger partial charge < -0.3 is 4.90 Å². The summed E-state index contributed by atoms with van der Waals surface area (Å²) in [5, 5.41) is 4.17. The number of amides is 1. The van der Waals surface area contributed by atoms with Gasteiger partial charge in [0.1, 0.15) is 5.65 Å². The first-order chi connectivity index (χ1) is 11.1. The minimum absolute atomic E-state index is 0.0486. The van der Waals surface area contributed by atoms with E-state index in [0.29, 0.717) is 34.8 Å². The third-order valence-corrected chi connectivity index (χ3v) is 4.90. The van der Waals surface area contributed by atoms with Gasteiger partial charge in [-0.3, -0.25) is 14.0 Å². The zero-order chi connectivity index (χ0) is 16.0. The lowest BCUT2D eigenvalue weighted by Gasteiger charge is -2.27. The molecule has 0 radical (unpaired) electrons. The van der Waals surface area contributed by atoms with E-state index in [-0.39, 0.29) is 18.0 Å². The lowest BCUT2D eigenvalue weighted by molar-refractivity contribution is 0.0733. The molecule has 0 aliphatic carbocycles. The third-order valence-electron chi connectivity index (χ3n) is 3.99. The van der Waals surface area contributed by atoms with Crippen molar-refractivity contribution < 1.29 is 4.79 Å². The first-order valence-corrected chi connectivity index (χ1v) is 8.47. The molecule has 0 saturated heterocycles. The molecule has 0 unspecified atom stereocenters. The lowest BCUT2D eigenvalue weighted by Crippen LogP contribution is -2.40. The fraction of sp³-hybridized carbons (Fsp3) is 0.188. The van der Waals surface area contributed by atoms with Crippen LogP contribution in [0.5, 0.6) is 0 Å². The Hall–Kier alpha value is -2.18. The summed E-state index contributed by atoms with van der Waals surface area (Å²) in [5.41, 5.74) is 2.42. The maximum Gasteiger partial charge on any atom is 0.263 e. The summed E-state index contributed by atoms with van der Waals surface area (Å²) < 4.78 is 1.44. The Morgan fingerprint density at radius 3 is 2.96 bits per heavy atom. The van der Waals surface area contributed by atoms with Crippen molar-refractivity contribution in [2.24, 2.45) is 0 Å². The molecule has 7 heteroatoms. The molecule has 0 saturated carbocycles. The van der Waals surface area contributed by atoms with E-state index < -0.39 is 0 Å². The molecule has 3 aromatic heterocycles. The number of rotatable bonds is 1. The monoisotopic (exact) mass is 345 g/mol. The van der Waals surface area contributed by atoms with Crippen LogP contribution in [-0.2, 0) is 13.0 Å². The molecule has 0 spiro atoms. The quantitative estimate of drug-likeness (QED) is 0.681. The number of carbonyl (C=O) groups excluding carboxylic acids is 1. The molecule has 0 fully saturated rings. The average molecular weight is 346 g/mol. The normalized spacial score (nSPS) is 14.0. The summed E-state index contributed by atoms with van der Waals surface area (Å²) in [5.74, 6) is -0.0486. The maximum absolute atomic E-state index is 12.7. The van der Waals surface area contributed by atoms with Gasteiger partial charge in [0.15, 0.2) is 0 Å². The van der Waals surface area contributed by atoms with Crippen LogP contribution >= 0.6 is 22.9 Å². The molecule has 4 heterocycles. The highest BCUT2D eigenvalue weighted by Crippen LogP contribution is 2.19. The molecule has 0 atom stereocenters. The second kappa shape index (κ2) is 5.47. The van der Waals surface area contributed by atoms with Crippen molar-refractivity contribution in [3.8, 4) is 0 Å². The number of pyridine rings is 1. The van der Waals surface area contributed by atoms with Gasteiger partial charge in [-0.2, -0.15) is 11.3 Å². The standard InChI is InChI=1S/C16H12ClN3O2S/c17-11-1-2-14-18-13-3-5-19(15(21)10-4-6-23-9-10)8-12(13)16(22)20(14)7-11/h1-2,4,6-7,9H,3,5,8H2. The van der Waals surface area contributed by atoms with E-state index in [9.17, 15) is 9.59 Å². The number of hydrogen-bond donors (Lipinski definition) is 0. The minimum atomic E-state index is -0.157. The predicted molar refractivity (Wildman–Crippen MR) is 89.2 cm³/mol. The van der Waals surface area contributed by atoms with Crippen molar-refractivity contribution in [3.63, 3.8) is 0 Å². The van der Waals surface area contributed by atoms with Crippen LogP contribution in [-0.4, -0.2) is 26.7 Å². The van der Waals surface area contributed by atoms with Crippen LogP contribution in [0.15, 0.2) is 40.0 Å². The van der Waals surface area contributed by atoms with Gasteiger partial charge in [0.25, 0.3) is 11.5 Å². The highest BCUT2D eigenvalue weighted by Gasteiger charge is 2.25. The lowest BCUT2D eigenvalue weighted by atomic mass is 10.1. The first kappa shape index (κ1) is 14.4. The summed E-state index contributed by atoms with van der Waals surface area (Å²) in [7, 11) is 0. The van der Waals surface area contributed by atoms with Crippen LogP contribution in [0.2, 0.25) is 5.02 Å². The zero-order valence-electron chi connectivity index (χ0n) is 12.0. The van der Waals surface area contributed by atoms with Crippen molar-refractivity contribution >= 4 is 34.5 Å². The van der Waals surface area contributed by atoms with Gasteiger partial charge in [-0.1, -0.05) is 11.6 Å². The first-order valence-electron chi connectivity index (χ1n) is 7.14. The molecular weight excluding hydrogens is 334 g/mol. The number of hydrogen-bond acceptors (Lipinski definition) is 4. The van der Waals surface area contributed by atoms with Crippen molar-refractivity contribution in [2.45, 2.75) is 13.0 Å². The number of thiophene rings is 1. The smallest absolute Gasteiger partial charge is 0.263 e. The van der Waals surface area contributed by atoms with Crippen LogP contribution in [0.4, 0.5) is 0 Å². The van der Waals surface area contributed by atoms with Crippen molar-refractivity contribution in [1.29, 1.82) is 0 Å². The van der Waals surface area contributed by atoms with Crippen LogP contribution in [0.1, 0.15) is 21.6 Å². The summed E-state index contributed by atoms with van der Waals surface area (Å²) in [6.07, 6.45) is 2.14. The highest BCUT2D eigenvalue weighted by molar-refractivity contribution is 7.08. The molecule has 3 aromatic rings. The van der Waals surface area contributed by atoms with Gasteiger partial charge in [-0.25, -0.2) is 4.98 Å². The average Bonchev–Trinajstić information content (AvgIpc) is 3.09. The van der Waals surface area contributed by atoms with E-state index in [0.717, 1.165) is 5.69 Å². The second-order valence-electron chi connectivity index (χ2n) is 5.41. The summed E-state index contributed by atoms with van der Waals surface area (Å²) >= 11 is 7.45. The Bertz CT molecular complexity index is 965. The van der Waals surface area contributed by atoms with Crippen LogP contribution in [0.25, 0.3) is 5.65 Å². The Morgan fingerprint density at radius 2 is 2.17 bits per heavy atom. The Labute approximate surface area is 140 Å². The number of nitrogens with zero attached hydrogens (tertiary/aromatic N) is 3. The van der Waals surface area contributed by atoms with Gasteiger partial charge in [0.05, 0.1) is 28.4 Å². The SMILES string of the molecule is O=C(c1ccsc1)N1CCc2nc3ccc(Cl)cn3c(=O)c2C1. The van der Waals surface area contributed by atoms with Gasteiger partial charge >= 0.3 is 0 Å². The topological polar surface area (TPSA) is 54.7 Å². The molecule has 1 amide bonds. The molecule has 5 nitrogen and oxygen atoms in total. The number of halogens is 1. The summed E-state index contributed by atoms with van der Waals surface area (Å²) in [6, 6.07) is 5.24. The fourth-order valence-electron chi connectivity index (χ4n) is 2.81. The van der Waals surface area contributed by atoms with Crippen LogP contribution < -0.4 is 5.56 Å². The molecule has 1 aliphatic rings. The van der Waals surface area contributed by atoms with Gasteiger partial charge in [-0.05, 0) is 23.6 Å². The molecule has 1 aliphatic heterocycles. The fourth-order valence-corrected chi connectivity index (χ4v) is 3.60. The number of carbonyl (C=O) groups is 1. The van der Waals surface area contributed by atoms with E-state index in [1.165, 1.54) is 15.7 Å². The molecule has 23 heavy (non-hydrogen) atoms. The van der Waals surface area contributed by atoms with Crippen molar-refractivity contribution in [2.75, 3.05) is 6.54 Å². The molecule has 116 valence electrons. The van der Waals surface area contributed by atoms with Gasteiger partial charge in [0, 0.05) is 24.5 Å². The van der Waals surface area contributed by atoms with Crippen molar-refractivity contribution in [1.82, 2.24) is 14.3 Å². The van der Waals surface area contributed by atoms with E-state index >= 15 is 0 Å². The van der Waals surface area contributed by atoms with Gasteiger partial charge in [-0.15, -0.1) is 0 Å². The largest absolute Gasteiger partial charge is 0.334 e. The zero-order valence-corrected chi connectivity index (χ0v) is 13.6. The predicted octanol–water partition coefficient (Wildman–Crippen LogP) is 2.61. The third kappa shape index (κ3) is 2.44. The van der Waals surface area contributed by atoms with Gasteiger partial charge in [0.2, 0.25) is 0 Å². The Morgan fingerprint density at radius 1 is 1.30 bits per heavy atom. The number of fused-ring (bicyclic) bond motifs is 2. The summed E-state index contributed by atoms with van der Waals surface area (Å²) in [4.78, 5) is 31.4. The minimum Gasteiger partial charge on any atom is -0.334 e. The number of aromatic nitrogens is 2. The maximum atomic E-state index is 12.7. The Kier molecular flexibility index (Phi) is 3.43. The molecular formula is C16H12ClN3O2S. The second-order valence-corrected chi connectivity index (χ2v) is 6.62. The van der Waals surface area contributed by atoms with E-state index in [1.807, 2.05) is 10.8 Å². The van der Waals surface area contributed by atoms with Crippen LogP contribution in [0, 0.1) is 0 Å². The van der Waals surface area contributed by atoms with Crippen LogP contribution in [0.3, 0.4) is 0 Å². The van der Waals surface area contributed by atoms with E-state index in [1.54, 1.807) is 29.3 Å². The summed E-state index contributed by atoms with van der Waals surface area (Å²) in [6.45, 7) is 0.850. The molecule has 4 rings (SSSR count). The Balaban J connectivity index is 1.77. The van der Waals surface area contributed by atoms with E-state index in [4.69, 9.17) is 11.6 Å². The van der Waals surface area contributed by atoms with Crippen molar-refractivity contribution in [3.05, 3.63) is 67.4 Å². The molecule has 0 N–H and O–H groups in total. The molecule has 0 bridgehead atoms.